The van der Waals surface area contributed by atoms with Gasteiger partial charge in [0.1, 0.15) is 12.4 Å². The van der Waals surface area contributed by atoms with E-state index in [1.54, 1.807) is 12.1 Å². The predicted octanol–water partition coefficient (Wildman–Crippen LogP) is 2.23. The molecule has 0 aliphatic rings. The van der Waals surface area contributed by atoms with Gasteiger partial charge in [0.15, 0.2) is 0 Å². The van der Waals surface area contributed by atoms with Crippen LogP contribution in [-0.4, -0.2) is 25.1 Å². The first-order chi connectivity index (χ1) is 11.1. The van der Waals surface area contributed by atoms with Gasteiger partial charge in [-0.1, -0.05) is 31.0 Å². The van der Waals surface area contributed by atoms with Crippen molar-refractivity contribution in [3.63, 3.8) is 0 Å². The zero-order valence-corrected chi connectivity index (χ0v) is 13.2. The Morgan fingerprint density at radius 3 is 2.35 bits per heavy atom. The lowest BCUT2D eigenvalue weighted by Gasteiger charge is -2.17. The van der Waals surface area contributed by atoms with Crippen LogP contribution in [0, 0.1) is 0 Å². The Hall–Kier alpha value is -2.67. The number of carbonyl (C=O) groups is 2. The Labute approximate surface area is 139 Å². The van der Waals surface area contributed by atoms with Gasteiger partial charge in [-0.05, 0) is 36.4 Å². The van der Waals surface area contributed by atoms with E-state index >= 15 is 0 Å². The van der Waals surface area contributed by atoms with Crippen LogP contribution in [0.3, 0.4) is 0 Å². The predicted molar refractivity (Wildman–Crippen MR) is 91.8 cm³/mol. The molecule has 2 aromatic carbocycles. The highest BCUT2D eigenvalue weighted by molar-refractivity contribution is 7.82. The Morgan fingerprint density at radius 2 is 1.74 bits per heavy atom. The first-order valence-electron chi connectivity index (χ1n) is 6.92. The Kier molecular flexibility index (Phi) is 5.87. The molecular formula is C16H17N3O3S. The van der Waals surface area contributed by atoms with E-state index in [-0.39, 0.29) is 0 Å². The number of nitrogens with two attached hydrogens (primary N) is 1. The third kappa shape index (κ3) is 4.93. The summed E-state index contributed by atoms with van der Waals surface area (Å²) >= 11 is 4.14. The SMILES string of the molecule is NC(=O)c1ccc(N(S)C(=O)NCCOc2ccccc2)cc1. The van der Waals surface area contributed by atoms with E-state index in [4.69, 9.17) is 10.5 Å². The van der Waals surface area contributed by atoms with Crippen LogP contribution in [0.2, 0.25) is 0 Å². The average Bonchev–Trinajstić information content (AvgIpc) is 2.59. The number of amides is 3. The number of anilines is 1. The van der Waals surface area contributed by atoms with Crippen molar-refractivity contribution in [3.8, 4) is 5.75 Å². The number of hydrogen-bond acceptors (Lipinski definition) is 4. The van der Waals surface area contributed by atoms with E-state index in [1.807, 2.05) is 30.3 Å². The maximum Gasteiger partial charge on any atom is 0.332 e. The summed E-state index contributed by atoms with van der Waals surface area (Å²) < 4.78 is 6.62. The summed E-state index contributed by atoms with van der Waals surface area (Å²) in [5.74, 6) is 0.219. The number of benzene rings is 2. The maximum atomic E-state index is 12.0. The van der Waals surface area contributed by atoms with E-state index in [0.29, 0.717) is 24.4 Å². The molecule has 0 unspecified atom stereocenters. The molecule has 2 rings (SSSR count). The van der Waals surface area contributed by atoms with E-state index in [0.717, 1.165) is 10.1 Å². The molecule has 6 nitrogen and oxygen atoms in total. The van der Waals surface area contributed by atoms with Crippen LogP contribution in [0.1, 0.15) is 10.4 Å². The van der Waals surface area contributed by atoms with Crippen LogP contribution >= 0.6 is 12.8 Å². The molecule has 0 saturated carbocycles. The lowest BCUT2D eigenvalue weighted by atomic mass is 10.2. The third-order valence-electron chi connectivity index (χ3n) is 2.98. The molecule has 0 aliphatic heterocycles. The fraction of sp³-hybridized carbons (Fsp3) is 0.125. The summed E-state index contributed by atoms with van der Waals surface area (Å²) in [6.07, 6.45) is 0. The topological polar surface area (TPSA) is 84.7 Å². The van der Waals surface area contributed by atoms with Gasteiger partial charge in [-0.3, -0.25) is 4.79 Å². The van der Waals surface area contributed by atoms with Gasteiger partial charge in [-0.15, -0.1) is 0 Å². The van der Waals surface area contributed by atoms with Crippen molar-refractivity contribution in [2.75, 3.05) is 17.5 Å². The summed E-state index contributed by atoms with van der Waals surface area (Å²) in [7, 11) is 0. The second-order valence-electron chi connectivity index (χ2n) is 4.62. The fourth-order valence-electron chi connectivity index (χ4n) is 1.80. The monoisotopic (exact) mass is 331 g/mol. The van der Waals surface area contributed by atoms with Crippen LogP contribution in [0.25, 0.3) is 0 Å². The molecule has 0 saturated heterocycles. The Balaban J connectivity index is 1.79. The average molecular weight is 331 g/mol. The van der Waals surface area contributed by atoms with Crippen molar-refractivity contribution in [2.24, 2.45) is 5.73 Å². The Morgan fingerprint density at radius 1 is 1.09 bits per heavy atom. The molecule has 0 heterocycles. The zero-order chi connectivity index (χ0) is 16.7. The summed E-state index contributed by atoms with van der Waals surface area (Å²) in [5, 5.41) is 2.68. The summed E-state index contributed by atoms with van der Waals surface area (Å²) in [6, 6.07) is 15.2. The van der Waals surface area contributed by atoms with Gasteiger partial charge in [0.05, 0.1) is 12.2 Å². The number of ether oxygens (including phenoxy) is 1. The van der Waals surface area contributed by atoms with E-state index < -0.39 is 11.9 Å². The number of carbonyl (C=O) groups excluding carboxylic acids is 2. The fourth-order valence-corrected chi connectivity index (χ4v) is 2.01. The van der Waals surface area contributed by atoms with Crippen LogP contribution in [0.15, 0.2) is 54.6 Å². The number of nitrogens with one attached hydrogen (secondary N) is 1. The number of rotatable bonds is 6. The number of thiol groups is 1. The standard InChI is InChI=1S/C16H17N3O3S/c17-15(20)12-6-8-13(9-7-12)19(23)16(21)18-10-11-22-14-4-2-1-3-5-14/h1-9,23H,10-11H2,(H2,17,20)(H,18,21). The van der Waals surface area contributed by atoms with Gasteiger partial charge < -0.3 is 15.8 Å². The molecular weight excluding hydrogens is 314 g/mol. The van der Waals surface area contributed by atoms with Crippen molar-refractivity contribution < 1.29 is 14.3 Å². The second kappa shape index (κ2) is 8.09. The minimum Gasteiger partial charge on any atom is -0.492 e. The quantitative estimate of drug-likeness (QED) is 0.560. The lowest BCUT2D eigenvalue weighted by Crippen LogP contribution is -2.36. The van der Waals surface area contributed by atoms with Crippen LogP contribution < -0.4 is 20.1 Å². The molecule has 0 atom stereocenters. The molecule has 0 fully saturated rings. The molecule has 0 bridgehead atoms. The normalized spacial score (nSPS) is 9.96. The molecule has 0 aromatic heterocycles. The van der Waals surface area contributed by atoms with Crippen molar-refractivity contribution in [3.05, 3.63) is 60.2 Å². The van der Waals surface area contributed by atoms with Gasteiger partial charge in [-0.25, -0.2) is 9.10 Å². The van der Waals surface area contributed by atoms with Crippen LogP contribution in [0.4, 0.5) is 10.5 Å². The van der Waals surface area contributed by atoms with Gasteiger partial charge >= 0.3 is 6.03 Å². The Bertz CT molecular complexity index is 662. The van der Waals surface area contributed by atoms with Crippen molar-refractivity contribution in [1.82, 2.24) is 5.32 Å². The number of nitrogens with zero attached hydrogens (tertiary/aromatic N) is 1. The highest BCUT2D eigenvalue weighted by atomic mass is 32.1. The highest BCUT2D eigenvalue weighted by Crippen LogP contribution is 2.17. The van der Waals surface area contributed by atoms with Gasteiger partial charge in [0.2, 0.25) is 5.91 Å². The molecule has 3 amide bonds. The first-order valence-corrected chi connectivity index (χ1v) is 7.32. The van der Waals surface area contributed by atoms with Crippen LogP contribution in [0.5, 0.6) is 5.75 Å². The largest absolute Gasteiger partial charge is 0.492 e. The van der Waals surface area contributed by atoms with Crippen molar-refractivity contribution in [2.45, 2.75) is 0 Å². The number of urea groups is 1. The smallest absolute Gasteiger partial charge is 0.332 e. The highest BCUT2D eigenvalue weighted by Gasteiger charge is 2.12. The van der Waals surface area contributed by atoms with Crippen molar-refractivity contribution in [1.29, 1.82) is 0 Å². The summed E-state index contributed by atoms with van der Waals surface area (Å²) in [5.41, 5.74) is 6.06. The third-order valence-corrected chi connectivity index (χ3v) is 3.39. The molecule has 0 radical (unpaired) electrons. The maximum absolute atomic E-state index is 12.0. The second-order valence-corrected chi connectivity index (χ2v) is 5.02. The molecule has 0 spiro atoms. The molecule has 120 valence electrons. The van der Waals surface area contributed by atoms with Gasteiger partial charge in [0, 0.05) is 5.56 Å². The van der Waals surface area contributed by atoms with Gasteiger partial charge in [0.25, 0.3) is 0 Å². The first kappa shape index (κ1) is 16.7. The lowest BCUT2D eigenvalue weighted by molar-refractivity contribution is 0.100. The molecule has 2 aromatic rings. The summed E-state index contributed by atoms with van der Waals surface area (Å²) in [4.78, 5) is 23.0. The number of hydrogen-bond donors (Lipinski definition) is 3. The minimum absolute atomic E-state index is 0.337. The van der Waals surface area contributed by atoms with Gasteiger partial charge in [-0.2, -0.15) is 0 Å². The molecule has 0 aliphatic carbocycles. The number of para-hydroxylation sites is 1. The summed E-state index contributed by atoms with van der Waals surface area (Å²) in [6.45, 7) is 0.683. The van der Waals surface area contributed by atoms with E-state index in [1.165, 1.54) is 12.1 Å². The zero-order valence-electron chi connectivity index (χ0n) is 12.3. The van der Waals surface area contributed by atoms with Crippen LogP contribution in [-0.2, 0) is 0 Å². The molecule has 3 N–H and O–H groups in total. The number of primary amides is 1. The molecule has 23 heavy (non-hydrogen) atoms. The minimum atomic E-state index is -0.523. The van der Waals surface area contributed by atoms with E-state index in [2.05, 4.69) is 18.1 Å². The van der Waals surface area contributed by atoms with E-state index in [9.17, 15) is 9.59 Å². The van der Waals surface area contributed by atoms with Crippen molar-refractivity contribution >= 4 is 30.4 Å². The molecule has 7 heteroatoms.